The van der Waals surface area contributed by atoms with Crippen LogP contribution in [-0.2, 0) is 4.79 Å². The van der Waals surface area contributed by atoms with Gasteiger partial charge in [-0.05, 0) is 31.0 Å². The highest BCUT2D eigenvalue weighted by atomic mass is 35.5. The molecule has 5 heteroatoms. The van der Waals surface area contributed by atoms with E-state index < -0.39 is 0 Å². The van der Waals surface area contributed by atoms with Crippen molar-refractivity contribution in [3.8, 4) is 5.75 Å². The monoisotopic (exact) mass is 268 g/mol. The Kier molecular flexibility index (Phi) is 3.97. The van der Waals surface area contributed by atoms with Gasteiger partial charge in [-0.25, -0.2) is 0 Å². The van der Waals surface area contributed by atoms with Gasteiger partial charge >= 0.3 is 0 Å². The van der Waals surface area contributed by atoms with Crippen molar-refractivity contribution in [2.45, 2.75) is 12.8 Å². The van der Waals surface area contributed by atoms with Gasteiger partial charge in [-0.1, -0.05) is 11.6 Å². The first kappa shape index (κ1) is 13.0. The second-order valence-electron chi connectivity index (χ2n) is 4.51. The lowest BCUT2D eigenvalue weighted by Crippen LogP contribution is -2.41. The van der Waals surface area contributed by atoms with Gasteiger partial charge in [-0.2, -0.15) is 0 Å². The number of hydrogen-bond donors (Lipinski definition) is 1. The highest BCUT2D eigenvalue weighted by molar-refractivity contribution is 6.32. The van der Waals surface area contributed by atoms with Crippen molar-refractivity contribution in [3.63, 3.8) is 0 Å². The molecule has 1 aliphatic heterocycles. The number of nitrogens with two attached hydrogens (primary N) is 1. The molecule has 1 unspecified atom stereocenters. The van der Waals surface area contributed by atoms with Gasteiger partial charge in [0, 0.05) is 18.8 Å². The number of ether oxygens (including phenoxy) is 1. The maximum absolute atomic E-state index is 11.2. The highest BCUT2D eigenvalue weighted by Gasteiger charge is 2.24. The topological polar surface area (TPSA) is 55.6 Å². The number of carbonyl (C=O) groups is 1. The number of primary amides is 1. The maximum Gasteiger partial charge on any atom is 0.222 e. The number of hydrogen-bond acceptors (Lipinski definition) is 3. The summed E-state index contributed by atoms with van der Waals surface area (Å²) in [7, 11) is 1.59. The van der Waals surface area contributed by atoms with Crippen LogP contribution in [0.2, 0.25) is 5.02 Å². The zero-order valence-corrected chi connectivity index (χ0v) is 11.1. The van der Waals surface area contributed by atoms with E-state index in [1.54, 1.807) is 7.11 Å². The third kappa shape index (κ3) is 2.70. The molecule has 0 aliphatic carbocycles. The van der Waals surface area contributed by atoms with Crippen molar-refractivity contribution in [2.24, 2.45) is 11.7 Å². The molecule has 2 rings (SSSR count). The second-order valence-corrected chi connectivity index (χ2v) is 4.91. The van der Waals surface area contributed by atoms with Crippen molar-refractivity contribution in [3.05, 3.63) is 23.2 Å². The van der Waals surface area contributed by atoms with Crippen molar-refractivity contribution < 1.29 is 9.53 Å². The molecule has 1 saturated heterocycles. The van der Waals surface area contributed by atoms with Crippen LogP contribution in [0.1, 0.15) is 12.8 Å². The number of rotatable bonds is 3. The molecular formula is C13H17ClN2O2. The van der Waals surface area contributed by atoms with Gasteiger partial charge in [0.2, 0.25) is 5.91 Å². The number of halogens is 1. The third-order valence-corrected chi connectivity index (χ3v) is 3.62. The van der Waals surface area contributed by atoms with E-state index in [0.29, 0.717) is 17.3 Å². The predicted octanol–water partition coefficient (Wildman–Crippen LogP) is 2.05. The summed E-state index contributed by atoms with van der Waals surface area (Å²) in [6.45, 7) is 1.59. The Labute approximate surface area is 112 Å². The van der Waals surface area contributed by atoms with Gasteiger partial charge in [0.15, 0.2) is 0 Å². The van der Waals surface area contributed by atoms with Gasteiger partial charge in [0.05, 0.1) is 18.1 Å². The fourth-order valence-electron chi connectivity index (χ4n) is 2.30. The molecule has 1 amide bonds. The molecule has 1 aliphatic rings. The van der Waals surface area contributed by atoms with Crippen LogP contribution in [0.5, 0.6) is 5.75 Å². The largest absolute Gasteiger partial charge is 0.495 e. The minimum absolute atomic E-state index is 0.0698. The average Bonchev–Trinajstić information content (AvgIpc) is 2.38. The second kappa shape index (κ2) is 5.48. The number of methoxy groups -OCH3 is 1. The quantitative estimate of drug-likeness (QED) is 0.913. The molecule has 0 spiro atoms. The molecule has 0 radical (unpaired) electrons. The molecule has 18 heavy (non-hydrogen) atoms. The number of nitrogens with zero attached hydrogens (tertiary/aromatic N) is 1. The van der Waals surface area contributed by atoms with Gasteiger partial charge in [0.1, 0.15) is 5.75 Å². The summed E-state index contributed by atoms with van der Waals surface area (Å²) < 4.78 is 5.12. The normalized spacial score (nSPS) is 19.7. The molecule has 98 valence electrons. The molecule has 0 bridgehead atoms. The highest BCUT2D eigenvalue weighted by Crippen LogP contribution is 2.31. The molecule has 0 aromatic heterocycles. The zero-order chi connectivity index (χ0) is 13.1. The minimum atomic E-state index is -0.223. The number of amides is 1. The Bertz CT molecular complexity index is 451. The maximum atomic E-state index is 11.2. The van der Waals surface area contributed by atoms with Crippen LogP contribution in [-0.4, -0.2) is 26.1 Å². The minimum Gasteiger partial charge on any atom is -0.495 e. The summed E-state index contributed by atoms with van der Waals surface area (Å²) in [5.41, 5.74) is 6.38. The van der Waals surface area contributed by atoms with Gasteiger partial charge in [-0.15, -0.1) is 0 Å². The Morgan fingerprint density at radius 2 is 2.33 bits per heavy atom. The molecule has 4 nitrogen and oxygen atoms in total. The summed E-state index contributed by atoms with van der Waals surface area (Å²) in [5, 5.41) is 0.580. The summed E-state index contributed by atoms with van der Waals surface area (Å²) in [5.74, 6) is 0.364. The molecule has 1 fully saturated rings. The summed E-state index contributed by atoms with van der Waals surface area (Å²) >= 11 is 6.10. The summed E-state index contributed by atoms with van der Waals surface area (Å²) in [4.78, 5) is 13.4. The molecule has 0 saturated carbocycles. The van der Waals surface area contributed by atoms with E-state index in [1.165, 1.54) is 0 Å². The average molecular weight is 269 g/mol. The van der Waals surface area contributed by atoms with E-state index in [9.17, 15) is 4.79 Å². The van der Waals surface area contributed by atoms with Crippen LogP contribution >= 0.6 is 11.6 Å². The van der Waals surface area contributed by atoms with Crippen LogP contribution in [0, 0.1) is 5.92 Å². The molecular weight excluding hydrogens is 252 g/mol. The molecule has 1 heterocycles. The molecule has 1 aromatic carbocycles. The Morgan fingerprint density at radius 3 is 2.94 bits per heavy atom. The summed E-state index contributed by atoms with van der Waals surface area (Å²) in [6.07, 6.45) is 1.84. The van der Waals surface area contributed by atoms with E-state index >= 15 is 0 Å². The molecule has 1 atom stereocenters. The molecule has 1 aromatic rings. The van der Waals surface area contributed by atoms with Crippen LogP contribution in [0.25, 0.3) is 0 Å². The summed E-state index contributed by atoms with van der Waals surface area (Å²) in [6, 6.07) is 5.66. The first-order valence-electron chi connectivity index (χ1n) is 5.99. The lowest BCUT2D eigenvalue weighted by Gasteiger charge is -2.33. The van der Waals surface area contributed by atoms with Gasteiger partial charge < -0.3 is 15.4 Å². The van der Waals surface area contributed by atoms with Gasteiger partial charge in [0.25, 0.3) is 0 Å². The van der Waals surface area contributed by atoms with Crippen molar-refractivity contribution in [1.82, 2.24) is 0 Å². The third-order valence-electron chi connectivity index (χ3n) is 3.32. The predicted molar refractivity (Wildman–Crippen MR) is 72.1 cm³/mol. The lowest BCUT2D eigenvalue weighted by atomic mass is 9.97. The van der Waals surface area contributed by atoms with Crippen molar-refractivity contribution in [1.29, 1.82) is 0 Å². The van der Waals surface area contributed by atoms with Crippen LogP contribution in [0.15, 0.2) is 18.2 Å². The first-order chi connectivity index (χ1) is 8.61. The molecule has 2 N–H and O–H groups in total. The Hall–Kier alpha value is -1.42. The Morgan fingerprint density at radius 1 is 1.56 bits per heavy atom. The van der Waals surface area contributed by atoms with Gasteiger partial charge in [-0.3, -0.25) is 4.79 Å². The van der Waals surface area contributed by atoms with E-state index in [1.807, 2.05) is 18.2 Å². The SMILES string of the molecule is COc1ccc(N2CCCC(C(N)=O)C2)cc1Cl. The number of carbonyl (C=O) groups excluding carboxylic acids is 1. The van der Waals surface area contributed by atoms with E-state index in [0.717, 1.165) is 25.1 Å². The smallest absolute Gasteiger partial charge is 0.222 e. The zero-order valence-electron chi connectivity index (χ0n) is 10.4. The van der Waals surface area contributed by atoms with Crippen molar-refractivity contribution in [2.75, 3.05) is 25.1 Å². The van der Waals surface area contributed by atoms with E-state index in [-0.39, 0.29) is 11.8 Å². The van der Waals surface area contributed by atoms with Crippen LogP contribution < -0.4 is 15.4 Å². The number of benzene rings is 1. The van der Waals surface area contributed by atoms with E-state index in [2.05, 4.69) is 4.90 Å². The van der Waals surface area contributed by atoms with Crippen molar-refractivity contribution >= 4 is 23.2 Å². The van der Waals surface area contributed by atoms with Crippen LogP contribution in [0.4, 0.5) is 5.69 Å². The number of anilines is 1. The standard InChI is InChI=1S/C13H17ClN2O2/c1-18-12-5-4-10(7-11(12)14)16-6-2-3-9(8-16)13(15)17/h4-5,7,9H,2-3,6,8H2,1H3,(H2,15,17). The van der Waals surface area contributed by atoms with E-state index in [4.69, 9.17) is 22.1 Å². The Balaban J connectivity index is 2.16. The first-order valence-corrected chi connectivity index (χ1v) is 6.37. The fourth-order valence-corrected chi connectivity index (χ4v) is 2.55. The number of piperidine rings is 1. The lowest BCUT2D eigenvalue weighted by molar-refractivity contribution is -0.122. The fraction of sp³-hybridized carbons (Fsp3) is 0.462. The van der Waals surface area contributed by atoms with Crippen LogP contribution in [0.3, 0.4) is 0 Å².